The Hall–Kier alpha value is -1.79. The Morgan fingerprint density at radius 1 is 1.39 bits per heavy atom. The number of carbonyl (C=O) groups is 1. The Kier molecular flexibility index (Phi) is 3.98. The summed E-state index contributed by atoms with van der Waals surface area (Å²) < 4.78 is 10.6. The average molecular weight is 322 g/mol. The summed E-state index contributed by atoms with van der Waals surface area (Å²) in [5.74, 6) is 1.03. The summed E-state index contributed by atoms with van der Waals surface area (Å²) in [7, 11) is 0. The van der Waals surface area contributed by atoms with Gasteiger partial charge >= 0.3 is 6.09 Å². The number of ether oxygens (including phenoxy) is 1. The van der Waals surface area contributed by atoms with Gasteiger partial charge in [-0.25, -0.2) is 4.79 Å². The highest BCUT2D eigenvalue weighted by molar-refractivity contribution is 5.68. The number of nitrogens with zero attached hydrogens (tertiary/aromatic N) is 3. The lowest BCUT2D eigenvalue weighted by atomic mass is 9.95. The van der Waals surface area contributed by atoms with E-state index in [4.69, 9.17) is 9.26 Å². The van der Waals surface area contributed by atoms with E-state index in [2.05, 4.69) is 20.4 Å². The molecule has 1 aromatic heterocycles. The third-order valence-corrected chi connectivity index (χ3v) is 4.44. The van der Waals surface area contributed by atoms with E-state index in [1.807, 2.05) is 20.8 Å². The molecular formula is C16H26N4O3. The largest absolute Gasteiger partial charge is 0.444 e. The van der Waals surface area contributed by atoms with Crippen LogP contribution in [0.3, 0.4) is 0 Å². The number of hydrogen-bond donors (Lipinski definition) is 1. The van der Waals surface area contributed by atoms with Crippen molar-refractivity contribution in [1.82, 2.24) is 15.5 Å². The van der Waals surface area contributed by atoms with Crippen LogP contribution in [-0.4, -0.2) is 34.9 Å². The molecule has 128 valence electrons. The van der Waals surface area contributed by atoms with Crippen molar-refractivity contribution in [2.75, 3.05) is 18.0 Å². The van der Waals surface area contributed by atoms with E-state index in [0.29, 0.717) is 17.3 Å². The number of alkyl carbamates (subject to hydrolysis) is 1. The Balaban J connectivity index is 1.59. The standard InChI is InChI=1S/C16H26N4O3/c1-11(17-14(21)22-15(2,3)4)12-18-13(19-23-12)20-9-5-6-16(10-20)7-8-16/h11H,5-10H2,1-4H3,(H,17,21)/t11-/m0/s1. The van der Waals surface area contributed by atoms with Crippen LogP contribution in [0, 0.1) is 5.41 Å². The van der Waals surface area contributed by atoms with Gasteiger partial charge in [0.05, 0.1) is 0 Å². The highest BCUT2D eigenvalue weighted by atomic mass is 16.6. The van der Waals surface area contributed by atoms with E-state index >= 15 is 0 Å². The SMILES string of the molecule is C[C@H](NC(=O)OC(C)(C)C)c1nc(N2CCCC3(CC3)C2)no1. The van der Waals surface area contributed by atoms with Crippen LogP contribution in [0.4, 0.5) is 10.7 Å². The maximum absolute atomic E-state index is 11.8. The molecule has 0 unspecified atom stereocenters. The minimum Gasteiger partial charge on any atom is -0.444 e. The molecule has 23 heavy (non-hydrogen) atoms. The van der Waals surface area contributed by atoms with Crippen LogP contribution < -0.4 is 10.2 Å². The van der Waals surface area contributed by atoms with Crippen molar-refractivity contribution >= 4 is 12.0 Å². The van der Waals surface area contributed by atoms with Crippen LogP contribution in [0.2, 0.25) is 0 Å². The molecule has 1 amide bonds. The second kappa shape index (κ2) is 5.69. The molecule has 0 bridgehead atoms. The van der Waals surface area contributed by atoms with Crippen molar-refractivity contribution in [2.45, 2.75) is 65.0 Å². The summed E-state index contributed by atoms with van der Waals surface area (Å²) >= 11 is 0. The van der Waals surface area contributed by atoms with Gasteiger partial charge in [-0.3, -0.25) is 0 Å². The molecule has 0 aromatic carbocycles. The van der Waals surface area contributed by atoms with E-state index < -0.39 is 11.7 Å². The van der Waals surface area contributed by atoms with Crippen molar-refractivity contribution < 1.29 is 14.1 Å². The molecule has 1 saturated carbocycles. The van der Waals surface area contributed by atoms with E-state index in [1.165, 1.54) is 25.7 Å². The summed E-state index contributed by atoms with van der Waals surface area (Å²) in [6.07, 6.45) is 4.62. The maximum Gasteiger partial charge on any atom is 0.408 e. The van der Waals surface area contributed by atoms with Gasteiger partial charge in [0.25, 0.3) is 11.8 Å². The molecule has 2 aliphatic rings. The molecule has 7 heteroatoms. The first-order valence-electron chi connectivity index (χ1n) is 8.34. The number of piperidine rings is 1. The highest BCUT2D eigenvalue weighted by Gasteiger charge is 2.46. The van der Waals surface area contributed by atoms with Crippen LogP contribution >= 0.6 is 0 Å². The second-order valence-corrected chi connectivity index (χ2v) is 7.83. The lowest BCUT2D eigenvalue weighted by Crippen LogP contribution is -2.37. The smallest absolute Gasteiger partial charge is 0.408 e. The number of carbonyl (C=O) groups excluding carboxylic acids is 1. The molecule has 1 spiro atoms. The number of amides is 1. The minimum absolute atomic E-state index is 0.384. The molecule has 1 saturated heterocycles. The second-order valence-electron chi connectivity index (χ2n) is 7.83. The Morgan fingerprint density at radius 3 is 2.78 bits per heavy atom. The summed E-state index contributed by atoms with van der Waals surface area (Å²) in [5, 5.41) is 6.81. The zero-order valence-corrected chi connectivity index (χ0v) is 14.4. The van der Waals surface area contributed by atoms with Crippen LogP contribution in [0.5, 0.6) is 0 Å². The fourth-order valence-corrected chi connectivity index (χ4v) is 3.04. The third kappa shape index (κ3) is 3.95. The first kappa shape index (κ1) is 16.1. The first-order valence-corrected chi connectivity index (χ1v) is 8.34. The summed E-state index contributed by atoms with van der Waals surface area (Å²) in [4.78, 5) is 18.5. The predicted octanol–water partition coefficient (Wildman–Crippen LogP) is 3.04. The Labute approximate surface area is 136 Å². The Bertz CT molecular complexity index is 574. The van der Waals surface area contributed by atoms with Crippen molar-refractivity contribution in [3.63, 3.8) is 0 Å². The highest BCUT2D eigenvalue weighted by Crippen LogP contribution is 2.52. The minimum atomic E-state index is -0.532. The average Bonchev–Trinajstić information content (AvgIpc) is 3.01. The van der Waals surface area contributed by atoms with Gasteiger partial charge in [-0.05, 0) is 63.9 Å². The van der Waals surface area contributed by atoms with Crippen molar-refractivity contribution in [3.05, 3.63) is 5.89 Å². The molecule has 1 N–H and O–H groups in total. The molecule has 1 atom stereocenters. The van der Waals surface area contributed by atoms with E-state index in [0.717, 1.165) is 13.1 Å². The number of rotatable bonds is 3. The maximum atomic E-state index is 11.8. The number of hydrogen-bond acceptors (Lipinski definition) is 6. The molecule has 1 aliphatic carbocycles. The molecule has 1 aliphatic heterocycles. The predicted molar refractivity (Wildman–Crippen MR) is 85.2 cm³/mol. The van der Waals surface area contributed by atoms with Gasteiger partial charge in [0.1, 0.15) is 11.6 Å². The fourth-order valence-electron chi connectivity index (χ4n) is 3.04. The topological polar surface area (TPSA) is 80.5 Å². The van der Waals surface area contributed by atoms with E-state index in [-0.39, 0.29) is 6.04 Å². The number of nitrogens with one attached hydrogen (secondary N) is 1. The van der Waals surface area contributed by atoms with Gasteiger partial charge in [0.15, 0.2) is 0 Å². The van der Waals surface area contributed by atoms with Crippen LogP contribution in [0.1, 0.15) is 65.3 Å². The molecule has 2 heterocycles. The Morgan fingerprint density at radius 2 is 2.13 bits per heavy atom. The quantitative estimate of drug-likeness (QED) is 0.921. The zero-order valence-electron chi connectivity index (χ0n) is 14.4. The summed E-state index contributed by atoms with van der Waals surface area (Å²) in [6, 6.07) is -0.384. The van der Waals surface area contributed by atoms with Gasteiger partial charge in [-0.1, -0.05) is 0 Å². The zero-order chi connectivity index (χ0) is 16.7. The molecule has 3 rings (SSSR count). The van der Waals surface area contributed by atoms with E-state index in [9.17, 15) is 4.79 Å². The molecular weight excluding hydrogens is 296 g/mol. The van der Waals surface area contributed by atoms with Crippen LogP contribution in [0.15, 0.2) is 4.52 Å². The van der Waals surface area contributed by atoms with Gasteiger partial charge in [0, 0.05) is 13.1 Å². The fraction of sp³-hybridized carbons (Fsp3) is 0.812. The van der Waals surface area contributed by atoms with Crippen LogP contribution in [0.25, 0.3) is 0 Å². The van der Waals surface area contributed by atoms with Crippen molar-refractivity contribution in [1.29, 1.82) is 0 Å². The molecule has 2 fully saturated rings. The molecule has 0 radical (unpaired) electrons. The van der Waals surface area contributed by atoms with E-state index in [1.54, 1.807) is 6.92 Å². The number of aromatic nitrogens is 2. The van der Waals surface area contributed by atoms with Gasteiger partial charge in [0.2, 0.25) is 0 Å². The van der Waals surface area contributed by atoms with Gasteiger partial charge in [-0.15, -0.1) is 0 Å². The van der Waals surface area contributed by atoms with Crippen molar-refractivity contribution in [2.24, 2.45) is 5.41 Å². The lowest BCUT2D eigenvalue weighted by Gasteiger charge is -2.31. The lowest BCUT2D eigenvalue weighted by molar-refractivity contribution is 0.0499. The summed E-state index contributed by atoms with van der Waals surface area (Å²) in [5.41, 5.74) is -0.0321. The van der Waals surface area contributed by atoms with Crippen molar-refractivity contribution in [3.8, 4) is 0 Å². The third-order valence-electron chi connectivity index (χ3n) is 4.44. The molecule has 1 aromatic rings. The normalized spacial score (nSPS) is 21.1. The van der Waals surface area contributed by atoms with Gasteiger partial charge in [-0.2, -0.15) is 4.98 Å². The molecule has 7 nitrogen and oxygen atoms in total. The van der Waals surface area contributed by atoms with Crippen LogP contribution in [-0.2, 0) is 4.74 Å². The first-order chi connectivity index (χ1) is 10.8. The van der Waals surface area contributed by atoms with Gasteiger partial charge < -0.3 is 19.5 Å². The summed E-state index contributed by atoms with van der Waals surface area (Å²) in [6.45, 7) is 9.26. The monoisotopic (exact) mass is 322 g/mol. The number of anilines is 1.